The molecule has 0 fully saturated rings. The number of fused-ring (bicyclic) bond motifs is 1. The number of guanidine groups is 1. The zero-order valence-electron chi connectivity index (χ0n) is 14.8. The van der Waals surface area contributed by atoms with E-state index in [1.807, 2.05) is 30.3 Å². The lowest BCUT2D eigenvalue weighted by Crippen LogP contribution is -2.38. The van der Waals surface area contributed by atoms with E-state index in [0.717, 1.165) is 15.0 Å². The molecule has 0 amide bonds. The first-order valence-electron chi connectivity index (χ1n) is 8.51. The largest absolute Gasteiger partial charge is 0.479 e. The Morgan fingerprint density at radius 3 is 2.62 bits per heavy atom. The number of rotatable bonds is 5. The molecule has 0 saturated carbocycles. The zero-order valence-corrected chi connectivity index (χ0v) is 16.4. The Labute approximate surface area is 174 Å². The van der Waals surface area contributed by atoms with E-state index in [9.17, 15) is 9.90 Å². The Hall–Kier alpha value is -3.36. The molecular weight excluding hydrogens is 412 g/mol. The highest BCUT2D eigenvalue weighted by atomic mass is 35.5. The fourth-order valence-electron chi connectivity index (χ4n) is 2.93. The highest BCUT2D eigenvalue weighted by Crippen LogP contribution is 2.38. The molecule has 4 aromatic rings. The highest BCUT2D eigenvalue weighted by Gasteiger charge is 2.30. The van der Waals surface area contributed by atoms with Gasteiger partial charge in [-0.25, -0.2) is 9.78 Å². The number of nitrogens with one attached hydrogen (secondary N) is 2. The van der Waals surface area contributed by atoms with Crippen molar-refractivity contribution in [3.05, 3.63) is 65.3 Å². The number of aromatic nitrogens is 1. The number of nitrogens with two attached hydrogens (primary N) is 1. The van der Waals surface area contributed by atoms with Crippen LogP contribution in [0.1, 0.15) is 11.7 Å². The number of carboxylic acid groups (broad SMARTS) is 1. The minimum atomic E-state index is -1.34. The van der Waals surface area contributed by atoms with E-state index in [1.54, 1.807) is 24.3 Å². The maximum atomic E-state index is 11.8. The molecule has 2 aromatic carbocycles. The van der Waals surface area contributed by atoms with E-state index in [0.29, 0.717) is 16.5 Å². The van der Waals surface area contributed by atoms with Gasteiger partial charge in [0.05, 0.1) is 4.88 Å². The number of hydrogen-bond donors (Lipinski definition) is 4. The molecule has 0 aliphatic heterocycles. The Morgan fingerprint density at radius 2 is 1.97 bits per heavy atom. The Kier molecular flexibility index (Phi) is 4.96. The van der Waals surface area contributed by atoms with Crippen LogP contribution in [-0.4, -0.2) is 22.0 Å². The number of thiophene rings is 1. The van der Waals surface area contributed by atoms with Gasteiger partial charge in [0.15, 0.2) is 17.8 Å². The SMILES string of the molecule is N=C(N)NC(C(=O)O)c1nc(-c2cc3ccccc3s2)oc1-c1ccc(Cl)cc1. The molecule has 0 bridgehead atoms. The summed E-state index contributed by atoms with van der Waals surface area (Å²) in [6.45, 7) is 0. The summed E-state index contributed by atoms with van der Waals surface area (Å²) in [7, 11) is 0. The lowest BCUT2D eigenvalue weighted by atomic mass is 10.1. The molecule has 5 N–H and O–H groups in total. The van der Waals surface area contributed by atoms with Crippen molar-refractivity contribution in [1.29, 1.82) is 5.41 Å². The molecular formula is C20H15ClN4O3S. The van der Waals surface area contributed by atoms with Gasteiger partial charge in [0, 0.05) is 15.3 Å². The summed E-state index contributed by atoms with van der Waals surface area (Å²) in [5.74, 6) is -1.14. The second-order valence-corrected chi connectivity index (χ2v) is 7.74. The predicted octanol–water partition coefficient (Wildman–Crippen LogP) is 4.49. The molecule has 2 heterocycles. The van der Waals surface area contributed by atoms with Crippen molar-refractivity contribution in [3.8, 4) is 22.1 Å². The summed E-state index contributed by atoms with van der Waals surface area (Å²) >= 11 is 7.46. The number of hydrogen-bond acceptors (Lipinski definition) is 5. The fraction of sp³-hybridized carbons (Fsp3) is 0.0500. The molecule has 4 rings (SSSR count). The third-order valence-corrected chi connectivity index (χ3v) is 5.57. The monoisotopic (exact) mass is 426 g/mol. The molecule has 2 aromatic heterocycles. The molecule has 1 unspecified atom stereocenters. The van der Waals surface area contributed by atoms with Gasteiger partial charge in [-0.15, -0.1) is 11.3 Å². The van der Waals surface area contributed by atoms with Crippen LogP contribution in [0.3, 0.4) is 0 Å². The van der Waals surface area contributed by atoms with Crippen LogP contribution in [0, 0.1) is 5.41 Å². The number of oxazole rings is 1. The number of halogens is 1. The Bertz CT molecular complexity index is 1180. The smallest absolute Gasteiger partial charge is 0.332 e. The van der Waals surface area contributed by atoms with Gasteiger partial charge in [-0.05, 0) is 41.8 Å². The molecule has 0 aliphatic rings. The number of aliphatic carboxylic acids is 1. The second kappa shape index (κ2) is 7.57. The van der Waals surface area contributed by atoms with Crippen molar-refractivity contribution in [2.24, 2.45) is 5.73 Å². The van der Waals surface area contributed by atoms with E-state index < -0.39 is 18.0 Å². The van der Waals surface area contributed by atoms with Crippen LogP contribution in [0.5, 0.6) is 0 Å². The standard InChI is InChI=1S/C20H15ClN4O3S/c21-12-7-5-10(6-8-12)17-15(16(19(26)27)25-20(22)23)24-18(28-17)14-9-11-3-1-2-4-13(11)29-14/h1-9,16H,(H,26,27)(H4,22,23,25). The van der Waals surface area contributed by atoms with Crippen molar-refractivity contribution < 1.29 is 14.3 Å². The summed E-state index contributed by atoms with van der Waals surface area (Å²) < 4.78 is 7.07. The topological polar surface area (TPSA) is 125 Å². The molecule has 0 spiro atoms. The molecule has 29 heavy (non-hydrogen) atoms. The quantitative estimate of drug-likeness (QED) is 0.275. The Balaban J connectivity index is 1.88. The molecule has 146 valence electrons. The van der Waals surface area contributed by atoms with E-state index in [-0.39, 0.29) is 11.5 Å². The van der Waals surface area contributed by atoms with E-state index in [2.05, 4.69) is 10.3 Å². The average Bonchev–Trinajstić information content (AvgIpc) is 3.30. The zero-order chi connectivity index (χ0) is 20.5. The lowest BCUT2D eigenvalue weighted by molar-refractivity contribution is -0.139. The summed E-state index contributed by atoms with van der Waals surface area (Å²) in [4.78, 5) is 17.1. The van der Waals surface area contributed by atoms with Crippen molar-refractivity contribution in [3.63, 3.8) is 0 Å². The molecule has 0 aliphatic carbocycles. The lowest BCUT2D eigenvalue weighted by Gasteiger charge is -2.13. The minimum absolute atomic E-state index is 0.127. The fourth-order valence-corrected chi connectivity index (χ4v) is 4.05. The van der Waals surface area contributed by atoms with Gasteiger partial charge >= 0.3 is 5.97 Å². The van der Waals surface area contributed by atoms with Crippen LogP contribution >= 0.6 is 22.9 Å². The maximum Gasteiger partial charge on any atom is 0.332 e. The van der Waals surface area contributed by atoms with Gasteiger partial charge in [-0.3, -0.25) is 5.41 Å². The molecule has 0 radical (unpaired) electrons. The van der Waals surface area contributed by atoms with Gasteiger partial charge in [0.1, 0.15) is 5.69 Å². The van der Waals surface area contributed by atoms with Crippen molar-refractivity contribution in [1.82, 2.24) is 10.3 Å². The molecule has 9 heteroatoms. The van der Waals surface area contributed by atoms with Gasteiger partial charge in [0.25, 0.3) is 0 Å². The van der Waals surface area contributed by atoms with Crippen LogP contribution in [0.15, 0.2) is 59.0 Å². The third kappa shape index (κ3) is 3.80. The number of benzene rings is 2. The summed E-state index contributed by atoms with van der Waals surface area (Å²) in [6.07, 6.45) is 0. The molecule has 1 atom stereocenters. The van der Waals surface area contributed by atoms with Gasteiger partial charge in [0.2, 0.25) is 5.89 Å². The van der Waals surface area contributed by atoms with Crippen LogP contribution in [0.2, 0.25) is 5.02 Å². The van der Waals surface area contributed by atoms with E-state index >= 15 is 0 Å². The van der Waals surface area contributed by atoms with E-state index in [1.165, 1.54) is 11.3 Å². The maximum absolute atomic E-state index is 11.8. The van der Waals surface area contributed by atoms with Gasteiger partial charge < -0.3 is 20.6 Å². The van der Waals surface area contributed by atoms with Crippen LogP contribution in [-0.2, 0) is 4.79 Å². The van der Waals surface area contributed by atoms with Crippen LogP contribution in [0.4, 0.5) is 0 Å². The van der Waals surface area contributed by atoms with Crippen LogP contribution in [0.25, 0.3) is 32.2 Å². The highest BCUT2D eigenvalue weighted by molar-refractivity contribution is 7.22. The van der Waals surface area contributed by atoms with Crippen molar-refractivity contribution in [2.75, 3.05) is 0 Å². The van der Waals surface area contributed by atoms with E-state index in [4.69, 9.17) is 27.2 Å². The van der Waals surface area contributed by atoms with Crippen LogP contribution < -0.4 is 11.1 Å². The summed E-state index contributed by atoms with van der Waals surface area (Å²) in [5, 5.41) is 21.1. The first kappa shape index (κ1) is 19.0. The predicted molar refractivity (Wildman–Crippen MR) is 113 cm³/mol. The van der Waals surface area contributed by atoms with Crippen molar-refractivity contribution in [2.45, 2.75) is 6.04 Å². The normalized spacial score (nSPS) is 12.0. The number of nitrogens with zero attached hydrogens (tertiary/aromatic N) is 1. The van der Waals surface area contributed by atoms with Gasteiger partial charge in [-0.2, -0.15) is 0 Å². The first-order valence-corrected chi connectivity index (χ1v) is 9.71. The number of carbonyl (C=O) groups is 1. The van der Waals surface area contributed by atoms with Crippen molar-refractivity contribution >= 4 is 45.0 Å². The summed E-state index contributed by atoms with van der Waals surface area (Å²) in [6, 6.07) is 15.2. The second-order valence-electron chi connectivity index (χ2n) is 6.22. The number of carboxylic acids is 1. The third-order valence-electron chi connectivity index (χ3n) is 4.22. The summed E-state index contributed by atoms with van der Waals surface area (Å²) in [5.41, 5.74) is 6.12. The molecule has 0 saturated heterocycles. The molecule has 7 nitrogen and oxygen atoms in total. The first-order chi connectivity index (χ1) is 13.9. The van der Waals surface area contributed by atoms with Gasteiger partial charge in [-0.1, -0.05) is 29.8 Å². The Morgan fingerprint density at radius 1 is 1.24 bits per heavy atom. The average molecular weight is 427 g/mol. The minimum Gasteiger partial charge on any atom is -0.479 e.